The maximum absolute atomic E-state index is 11.6. The Morgan fingerprint density at radius 2 is 2.10 bits per heavy atom. The summed E-state index contributed by atoms with van der Waals surface area (Å²) in [6.07, 6.45) is 2.83. The largest absolute Gasteiger partial charge is 0.493 e. The van der Waals surface area contributed by atoms with Gasteiger partial charge in [-0.25, -0.2) is 4.79 Å². The van der Waals surface area contributed by atoms with Crippen LogP contribution in [-0.2, 0) is 4.79 Å². The molecule has 21 heavy (non-hydrogen) atoms. The molecule has 6 nitrogen and oxygen atoms in total. The standard InChI is InChI=1S/C15H19NO5/c1-2-7-20-11-5-6-12(15(18)19)13(8-11)21-9-14(17)16-10-3-4-10/h5-6,8,10H,2-4,7,9H2,1H3,(H,16,17)(H,18,19). The normalized spacial score (nSPS) is 13.6. The van der Waals surface area contributed by atoms with Gasteiger partial charge in [-0.2, -0.15) is 0 Å². The predicted octanol–water partition coefficient (Wildman–Crippen LogP) is 1.83. The molecule has 0 aliphatic heterocycles. The highest BCUT2D eigenvalue weighted by molar-refractivity contribution is 5.91. The molecule has 6 heteroatoms. The molecule has 0 unspecified atom stereocenters. The lowest BCUT2D eigenvalue weighted by atomic mass is 10.2. The van der Waals surface area contributed by atoms with E-state index in [4.69, 9.17) is 14.6 Å². The number of carboxylic acids is 1. The molecule has 1 aliphatic rings. The molecule has 0 saturated heterocycles. The van der Waals surface area contributed by atoms with E-state index in [2.05, 4.69) is 5.32 Å². The molecule has 0 heterocycles. The highest BCUT2D eigenvalue weighted by Gasteiger charge is 2.23. The van der Waals surface area contributed by atoms with Crippen LogP contribution in [-0.4, -0.2) is 36.2 Å². The summed E-state index contributed by atoms with van der Waals surface area (Å²) in [5.74, 6) is -0.676. The molecule has 1 aromatic rings. The van der Waals surface area contributed by atoms with Crippen LogP contribution in [0.3, 0.4) is 0 Å². The Morgan fingerprint density at radius 1 is 1.33 bits per heavy atom. The lowest BCUT2D eigenvalue weighted by Gasteiger charge is -2.11. The fourth-order valence-electron chi connectivity index (χ4n) is 1.75. The van der Waals surface area contributed by atoms with Gasteiger partial charge in [-0.05, 0) is 31.4 Å². The van der Waals surface area contributed by atoms with Crippen LogP contribution in [0.2, 0.25) is 0 Å². The van der Waals surface area contributed by atoms with Crippen molar-refractivity contribution in [2.75, 3.05) is 13.2 Å². The fraction of sp³-hybridized carbons (Fsp3) is 0.467. The number of benzene rings is 1. The van der Waals surface area contributed by atoms with Gasteiger partial charge in [-0.3, -0.25) is 4.79 Å². The zero-order valence-electron chi connectivity index (χ0n) is 11.9. The Balaban J connectivity index is 2.02. The topological polar surface area (TPSA) is 84.9 Å². The number of hydrogen-bond donors (Lipinski definition) is 2. The summed E-state index contributed by atoms with van der Waals surface area (Å²) in [5.41, 5.74) is 0.0121. The second kappa shape index (κ2) is 6.97. The van der Waals surface area contributed by atoms with Crippen molar-refractivity contribution in [1.82, 2.24) is 5.32 Å². The molecule has 114 valence electrons. The van der Waals surface area contributed by atoms with E-state index in [1.54, 1.807) is 6.07 Å². The first-order valence-corrected chi connectivity index (χ1v) is 7.02. The van der Waals surface area contributed by atoms with Gasteiger partial charge in [0.1, 0.15) is 17.1 Å². The highest BCUT2D eigenvalue weighted by Crippen LogP contribution is 2.25. The van der Waals surface area contributed by atoms with Crippen molar-refractivity contribution in [2.45, 2.75) is 32.2 Å². The minimum absolute atomic E-state index is 0.0121. The molecule has 2 rings (SSSR count). The minimum atomic E-state index is -1.10. The van der Waals surface area contributed by atoms with Crippen molar-refractivity contribution < 1.29 is 24.2 Å². The van der Waals surface area contributed by atoms with Crippen LogP contribution in [0.1, 0.15) is 36.5 Å². The van der Waals surface area contributed by atoms with Gasteiger partial charge >= 0.3 is 5.97 Å². The number of carbonyl (C=O) groups excluding carboxylic acids is 1. The molecule has 1 aliphatic carbocycles. The number of amides is 1. The number of aromatic carboxylic acids is 1. The average molecular weight is 293 g/mol. The molecule has 2 N–H and O–H groups in total. The van der Waals surface area contributed by atoms with E-state index < -0.39 is 5.97 Å². The van der Waals surface area contributed by atoms with E-state index in [0.717, 1.165) is 19.3 Å². The summed E-state index contributed by atoms with van der Waals surface area (Å²) < 4.78 is 10.8. The number of rotatable bonds is 8. The molecule has 0 spiro atoms. The van der Waals surface area contributed by atoms with Crippen molar-refractivity contribution >= 4 is 11.9 Å². The Kier molecular flexibility index (Phi) is 5.03. The van der Waals surface area contributed by atoms with Gasteiger partial charge in [0.15, 0.2) is 6.61 Å². The van der Waals surface area contributed by atoms with Crippen LogP contribution in [0.25, 0.3) is 0 Å². The van der Waals surface area contributed by atoms with E-state index in [1.165, 1.54) is 12.1 Å². The van der Waals surface area contributed by atoms with Crippen LogP contribution < -0.4 is 14.8 Å². The van der Waals surface area contributed by atoms with Crippen LogP contribution in [0.4, 0.5) is 0 Å². The van der Waals surface area contributed by atoms with Gasteiger partial charge in [0.05, 0.1) is 6.61 Å². The summed E-state index contributed by atoms with van der Waals surface area (Å²) in [4.78, 5) is 22.7. The molecule has 1 saturated carbocycles. The molecule has 1 aromatic carbocycles. The van der Waals surface area contributed by atoms with E-state index in [-0.39, 0.29) is 29.9 Å². The van der Waals surface area contributed by atoms with Crippen molar-refractivity contribution in [2.24, 2.45) is 0 Å². The first-order chi connectivity index (χ1) is 10.1. The summed E-state index contributed by atoms with van der Waals surface area (Å²) in [7, 11) is 0. The van der Waals surface area contributed by atoms with Gasteiger partial charge in [0, 0.05) is 12.1 Å². The van der Waals surface area contributed by atoms with Crippen LogP contribution in [0, 0.1) is 0 Å². The summed E-state index contributed by atoms with van der Waals surface area (Å²) >= 11 is 0. The number of nitrogens with one attached hydrogen (secondary N) is 1. The SMILES string of the molecule is CCCOc1ccc(C(=O)O)c(OCC(=O)NC2CC2)c1. The van der Waals surface area contributed by atoms with E-state index >= 15 is 0 Å². The molecule has 1 fully saturated rings. The van der Waals surface area contributed by atoms with Gasteiger partial charge in [0.25, 0.3) is 5.91 Å². The Bertz CT molecular complexity index is 525. The van der Waals surface area contributed by atoms with Crippen LogP contribution in [0.15, 0.2) is 18.2 Å². The van der Waals surface area contributed by atoms with Crippen LogP contribution >= 0.6 is 0 Å². The minimum Gasteiger partial charge on any atom is -0.493 e. The monoisotopic (exact) mass is 293 g/mol. The molecule has 0 radical (unpaired) electrons. The van der Waals surface area contributed by atoms with E-state index in [1.807, 2.05) is 6.92 Å². The second-order valence-electron chi connectivity index (χ2n) is 4.94. The van der Waals surface area contributed by atoms with Crippen molar-refractivity contribution in [3.63, 3.8) is 0 Å². The smallest absolute Gasteiger partial charge is 0.339 e. The zero-order chi connectivity index (χ0) is 15.2. The van der Waals surface area contributed by atoms with Crippen molar-refractivity contribution in [3.05, 3.63) is 23.8 Å². The highest BCUT2D eigenvalue weighted by atomic mass is 16.5. The predicted molar refractivity (Wildman–Crippen MR) is 75.8 cm³/mol. The first-order valence-electron chi connectivity index (χ1n) is 7.02. The van der Waals surface area contributed by atoms with Crippen molar-refractivity contribution in [1.29, 1.82) is 0 Å². The van der Waals surface area contributed by atoms with Crippen molar-refractivity contribution in [3.8, 4) is 11.5 Å². The quantitative estimate of drug-likeness (QED) is 0.764. The second-order valence-corrected chi connectivity index (χ2v) is 4.94. The zero-order valence-corrected chi connectivity index (χ0v) is 11.9. The van der Waals surface area contributed by atoms with Crippen LogP contribution in [0.5, 0.6) is 11.5 Å². The van der Waals surface area contributed by atoms with Gasteiger partial charge < -0.3 is 19.9 Å². The van der Waals surface area contributed by atoms with Gasteiger partial charge in [-0.1, -0.05) is 6.92 Å². The van der Waals surface area contributed by atoms with E-state index in [0.29, 0.717) is 12.4 Å². The number of ether oxygens (including phenoxy) is 2. The lowest BCUT2D eigenvalue weighted by molar-refractivity contribution is -0.123. The maximum Gasteiger partial charge on any atom is 0.339 e. The summed E-state index contributed by atoms with van der Waals surface area (Å²) in [6.45, 7) is 2.31. The average Bonchev–Trinajstić information content (AvgIpc) is 3.26. The first kappa shape index (κ1) is 15.2. The molecular weight excluding hydrogens is 274 g/mol. The number of carbonyl (C=O) groups is 2. The molecule has 1 amide bonds. The van der Waals surface area contributed by atoms with Gasteiger partial charge in [0.2, 0.25) is 0 Å². The molecule has 0 aromatic heterocycles. The fourth-order valence-corrected chi connectivity index (χ4v) is 1.75. The molecular formula is C15H19NO5. The number of hydrogen-bond acceptors (Lipinski definition) is 4. The third kappa shape index (κ3) is 4.66. The number of carboxylic acid groups (broad SMARTS) is 1. The third-order valence-electron chi connectivity index (χ3n) is 2.96. The Hall–Kier alpha value is -2.24. The summed E-state index contributed by atoms with van der Waals surface area (Å²) in [5, 5.41) is 11.9. The van der Waals surface area contributed by atoms with E-state index in [9.17, 15) is 9.59 Å². The molecule has 0 atom stereocenters. The molecule has 0 bridgehead atoms. The Morgan fingerprint density at radius 3 is 2.71 bits per heavy atom. The lowest BCUT2D eigenvalue weighted by Crippen LogP contribution is -2.30. The maximum atomic E-state index is 11.6. The third-order valence-corrected chi connectivity index (χ3v) is 2.96. The summed E-state index contributed by atoms with van der Waals surface area (Å²) in [6, 6.07) is 4.75. The Labute approximate surface area is 123 Å². The van der Waals surface area contributed by atoms with Gasteiger partial charge in [-0.15, -0.1) is 0 Å².